The summed E-state index contributed by atoms with van der Waals surface area (Å²) in [5, 5.41) is 10.6. The van der Waals surface area contributed by atoms with Gasteiger partial charge in [0, 0.05) is 10.0 Å². The summed E-state index contributed by atoms with van der Waals surface area (Å²) in [6, 6.07) is 13.0. The predicted molar refractivity (Wildman–Crippen MR) is 80.3 cm³/mol. The molecule has 0 aliphatic rings. The molecule has 0 aliphatic carbocycles. The monoisotopic (exact) mass is 298 g/mol. The molecule has 94 valence electrons. The smallest absolute Gasteiger partial charge is 0.115 e. The van der Waals surface area contributed by atoms with Crippen molar-refractivity contribution in [1.82, 2.24) is 0 Å². The number of halogens is 2. The lowest BCUT2D eigenvalue weighted by atomic mass is 10.2. The van der Waals surface area contributed by atoms with Crippen molar-refractivity contribution in [2.45, 2.75) is 12.3 Å². The lowest BCUT2D eigenvalue weighted by Gasteiger charge is -2.04. The van der Waals surface area contributed by atoms with Crippen molar-refractivity contribution in [2.75, 3.05) is 0 Å². The van der Waals surface area contributed by atoms with Crippen LogP contribution in [0.15, 0.2) is 42.5 Å². The van der Waals surface area contributed by atoms with E-state index in [-0.39, 0.29) is 0 Å². The predicted octanol–water partition coefficient (Wildman–Crippen LogP) is 5.08. The summed E-state index contributed by atoms with van der Waals surface area (Å²) in [6.45, 7) is 0. The number of hydrogen-bond donors (Lipinski definition) is 1. The average Bonchev–Trinajstić information content (AvgIpc) is 2.30. The van der Waals surface area contributed by atoms with Crippen LogP contribution in [-0.2, 0) is 12.3 Å². The van der Waals surface area contributed by atoms with E-state index in [1.165, 1.54) is 11.1 Å². The average molecular weight is 299 g/mol. The number of rotatable bonds is 4. The Kier molecular flexibility index (Phi) is 4.88. The summed E-state index contributed by atoms with van der Waals surface area (Å²) in [5.41, 5.74) is 2.41. The second kappa shape index (κ2) is 6.43. The second-order valence-corrected chi connectivity index (χ2v) is 6.13. The SMILES string of the molecule is Oc1ccc(CPCc2cc(Cl)cc(Cl)c2)cc1. The molecule has 0 aliphatic heterocycles. The van der Waals surface area contributed by atoms with Crippen LogP contribution in [0.4, 0.5) is 0 Å². The molecular formula is C14H13Cl2OP. The van der Waals surface area contributed by atoms with E-state index in [2.05, 4.69) is 0 Å². The van der Waals surface area contributed by atoms with Gasteiger partial charge in [0.2, 0.25) is 0 Å². The van der Waals surface area contributed by atoms with Crippen molar-refractivity contribution in [3.63, 3.8) is 0 Å². The quantitative estimate of drug-likeness (QED) is 0.781. The molecule has 0 amide bonds. The zero-order valence-electron chi connectivity index (χ0n) is 9.66. The van der Waals surface area contributed by atoms with Crippen LogP contribution >= 0.6 is 31.8 Å². The van der Waals surface area contributed by atoms with Gasteiger partial charge in [-0.2, -0.15) is 0 Å². The third-order valence-electron chi connectivity index (χ3n) is 2.52. The van der Waals surface area contributed by atoms with E-state index in [4.69, 9.17) is 23.2 Å². The normalized spacial score (nSPS) is 11.2. The molecule has 0 radical (unpaired) electrons. The first-order chi connectivity index (χ1) is 8.63. The number of aromatic hydroxyl groups is 1. The first kappa shape index (κ1) is 13.7. The molecule has 1 unspecified atom stereocenters. The van der Waals surface area contributed by atoms with Crippen LogP contribution in [0.5, 0.6) is 5.75 Å². The third kappa shape index (κ3) is 4.17. The van der Waals surface area contributed by atoms with Gasteiger partial charge in [0.05, 0.1) is 0 Å². The first-order valence-electron chi connectivity index (χ1n) is 5.57. The van der Waals surface area contributed by atoms with Gasteiger partial charge >= 0.3 is 0 Å². The van der Waals surface area contributed by atoms with Crippen LogP contribution in [0.1, 0.15) is 11.1 Å². The van der Waals surface area contributed by atoms with Gasteiger partial charge in [-0.15, -0.1) is 8.58 Å². The summed E-state index contributed by atoms with van der Waals surface area (Å²) in [5.74, 6) is 0.309. The third-order valence-corrected chi connectivity index (χ3v) is 4.27. The molecule has 1 atom stereocenters. The Morgan fingerprint density at radius 3 is 2.00 bits per heavy atom. The Balaban J connectivity index is 1.90. The zero-order valence-corrected chi connectivity index (χ0v) is 12.2. The van der Waals surface area contributed by atoms with Crippen molar-refractivity contribution in [2.24, 2.45) is 0 Å². The molecule has 0 aromatic heterocycles. The summed E-state index contributed by atoms with van der Waals surface area (Å²) >= 11 is 11.9. The van der Waals surface area contributed by atoms with Crippen LogP contribution in [0.2, 0.25) is 10.0 Å². The highest BCUT2D eigenvalue weighted by Crippen LogP contribution is 2.28. The maximum absolute atomic E-state index is 9.19. The van der Waals surface area contributed by atoms with E-state index in [0.29, 0.717) is 15.8 Å². The standard InChI is InChI=1S/C14H13Cl2OP/c15-12-5-11(6-13(16)7-12)9-18-8-10-1-3-14(17)4-2-10/h1-7,17-18H,8-9H2. The molecule has 2 aromatic rings. The highest BCUT2D eigenvalue weighted by Gasteiger charge is 1.99. The van der Waals surface area contributed by atoms with E-state index in [1.54, 1.807) is 18.2 Å². The molecule has 1 N–H and O–H groups in total. The molecule has 0 spiro atoms. The Morgan fingerprint density at radius 2 is 1.39 bits per heavy atom. The van der Waals surface area contributed by atoms with Crippen molar-refractivity contribution in [3.8, 4) is 5.75 Å². The van der Waals surface area contributed by atoms with Gasteiger partial charge < -0.3 is 5.11 Å². The maximum Gasteiger partial charge on any atom is 0.115 e. The summed E-state index contributed by atoms with van der Waals surface area (Å²) in [4.78, 5) is 0. The Morgan fingerprint density at radius 1 is 0.833 bits per heavy atom. The molecular weight excluding hydrogens is 286 g/mol. The molecule has 0 fully saturated rings. The van der Waals surface area contributed by atoms with Crippen molar-refractivity contribution < 1.29 is 5.11 Å². The molecule has 0 saturated carbocycles. The first-order valence-corrected chi connectivity index (χ1v) is 7.74. The van der Waals surface area contributed by atoms with Gasteiger partial charge in [0.1, 0.15) is 5.75 Å². The molecule has 0 bridgehead atoms. The fourth-order valence-corrected chi connectivity index (χ4v) is 3.39. The largest absolute Gasteiger partial charge is 0.508 e. The summed E-state index contributed by atoms with van der Waals surface area (Å²) in [6.07, 6.45) is 1.98. The second-order valence-electron chi connectivity index (χ2n) is 4.05. The molecule has 0 saturated heterocycles. The van der Waals surface area contributed by atoms with Crippen molar-refractivity contribution >= 4 is 31.8 Å². The Bertz CT molecular complexity index is 506. The van der Waals surface area contributed by atoms with Gasteiger partial charge in [-0.25, -0.2) is 0 Å². The van der Waals surface area contributed by atoms with Crippen molar-refractivity contribution in [1.29, 1.82) is 0 Å². The van der Waals surface area contributed by atoms with Crippen LogP contribution < -0.4 is 0 Å². The topological polar surface area (TPSA) is 20.2 Å². The van der Waals surface area contributed by atoms with E-state index in [0.717, 1.165) is 20.9 Å². The molecule has 0 heterocycles. The highest BCUT2D eigenvalue weighted by molar-refractivity contribution is 7.36. The molecule has 4 heteroatoms. The Hall–Kier alpha value is -0.750. The van der Waals surface area contributed by atoms with E-state index >= 15 is 0 Å². The van der Waals surface area contributed by atoms with Gasteiger partial charge in [-0.1, -0.05) is 35.3 Å². The Labute approximate surface area is 119 Å². The van der Waals surface area contributed by atoms with Gasteiger partial charge in [0.15, 0.2) is 0 Å². The van der Waals surface area contributed by atoms with Crippen LogP contribution in [-0.4, -0.2) is 5.11 Å². The molecule has 2 aromatic carbocycles. The van der Waals surface area contributed by atoms with E-state index < -0.39 is 0 Å². The summed E-state index contributed by atoms with van der Waals surface area (Å²) in [7, 11) is 0.778. The molecule has 18 heavy (non-hydrogen) atoms. The number of benzene rings is 2. The van der Waals surface area contributed by atoms with Crippen LogP contribution in [0.3, 0.4) is 0 Å². The lowest BCUT2D eigenvalue weighted by molar-refractivity contribution is 0.475. The fourth-order valence-electron chi connectivity index (χ4n) is 1.68. The summed E-state index contributed by atoms with van der Waals surface area (Å²) < 4.78 is 0. The lowest BCUT2D eigenvalue weighted by Crippen LogP contribution is -1.82. The minimum absolute atomic E-state index is 0.309. The molecule has 2 rings (SSSR count). The van der Waals surface area contributed by atoms with Gasteiger partial charge in [-0.3, -0.25) is 0 Å². The zero-order chi connectivity index (χ0) is 13.0. The van der Waals surface area contributed by atoms with E-state index in [9.17, 15) is 5.11 Å². The number of phenolic OH excluding ortho intramolecular Hbond substituents is 1. The number of hydrogen-bond acceptors (Lipinski definition) is 1. The maximum atomic E-state index is 9.19. The number of phenols is 1. The fraction of sp³-hybridized carbons (Fsp3) is 0.143. The van der Waals surface area contributed by atoms with Crippen LogP contribution in [0.25, 0.3) is 0 Å². The van der Waals surface area contributed by atoms with Gasteiger partial charge in [-0.05, 0) is 53.8 Å². The minimum atomic E-state index is 0.309. The minimum Gasteiger partial charge on any atom is -0.508 e. The van der Waals surface area contributed by atoms with Crippen LogP contribution in [0, 0.1) is 0 Å². The van der Waals surface area contributed by atoms with Crippen molar-refractivity contribution in [3.05, 3.63) is 63.6 Å². The highest BCUT2D eigenvalue weighted by atomic mass is 35.5. The van der Waals surface area contributed by atoms with E-state index in [1.807, 2.05) is 24.3 Å². The van der Waals surface area contributed by atoms with Gasteiger partial charge in [0.25, 0.3) is 0 Å². The molecule has 1 nitrogen and oxygen atoms in total.